The maximum atomic E-state index is 12.2. The summed E-state index contributed by atoms with van der Waals surface area (Å²) in [5, 5.41) is 7.92. The van der Waals surface area contributed by atoms with Gasteiger partial charge in [0, 0.05) is 30.2 Å². The Morgan fingerprint density at radius 3 is 2.15 bits per heavy atom. The van der Waals surface area contributed by atoms with E-state index in [2.05, 4.69) is 5.32 Å². The van der Waals surface area contributed by atoms with Gasteiger partial charge in [-0.25, -0.2) is 13.6 Å². The van der Waals surface area contributed by atoms with Crippen molar-refractivity contribution >= 4 is 15.9 Å². The van der Waals surface area contributed by atoms with Crippen LogP contribution in [-0.4, -0.2) is 25.4 Å². The van der Waals surface area contributed by atoms with E-state index >= 15 is 0 Å². The first-order valence-electron chi connectivity index (χ1n) is 8.07. The fourth-order valence-electron chi connectivity index (χ4n) is 2.56. The minimum absolute atomic E-state index is 0.0769. The van der Waals surface area contributed by atoms with Crippen molar-refractivity contribution < 1.29 is 13.2 Å². The van der Waals surface area contributed by atoms with Crippen LogP contribution in [0.4, 0.5) is 0 Å². The van der Waals surface area contributed by atoms with Gasteiger partial charge in [0.1, 0.15) is 0 Å². The second-order valence-electron chi connectivity index (χ2n) is 5.83. The van der Waals surface area contributed by atoms with Gasteiger partial charge in [-0.15, -0.1) is 0 Å². The highest BCUT2D eigenvalue weighted by Gasteiger charge is 2.08. The van der Waals surface area contributed by atoms with Crippen molar-refractivity contribution in [1.82, 2.24) is 9.88 Å². The van der Waals surface area contributed by atoms with Gasteiger partial charge in [0.15, 0.2) is 0 Å². The number of aromatic nitrogens is 1. The normalized spacial score (nSPS) is 11.3. The molecular weight excluding hydrogens is 350 g/mol. The highest BCUT2D eigenvalue weighted by atomic mass is 32.2. The Bertz CT molecular complexity index is 978. The highest BCUT2D eigenvalue weighted by molar-refractivity contribution is 7.89. The van der Waals surface area contributed by atoms with E-state index in [0.717, 1.165) is 11.3 Å². The van der Waals surface area contributed by atoms with Crippen molar-refractivity contribution in [3.63, 3.8) is 0 Å². The molecule has 3 rings (SSSR count). The molecule has 134 valence electrons. The Kier molecular flexibility index (Phi) is 5.20. The third-order valence-electron chi connectivity index (χ3n) is 3.98. The molecule has 0 aliphatic rings. The molecule has 6 nitrogen and oxygen atoms in total. The molecule has 0 spiro atoms. The van der Waals surface area contributed by atoms with Crippen LogP contribution in [0.25, 0.3) is 5.69 Å². The summed E-state index contributed by atoms with van der Waals surface area (Å²) in [5.74, 6) is -0.148. The lowest BCUT2D eigenvalue weighted by molar-refractivity contribution is 0.0954. The highest BCUT2D eigenvalue weighted by Crippen LogP contribution is 2.11. The number of amides is 1. The van der Waals surface area contributed by atoms with Crippen LogP contribution in [0.5, 0.6) is 0 Å². The summed E-state index contributed by atoms with van der Waals surface area (Å²) in [6, 6.07) is 17.5. The molecule has 0 fully saturated rings. The van der Waals surface area contributed by atoms with Gasteiger partial charge < -0.3 is 9.88 Å². The fraction of sp³-hybridized carbons (Fsp3) is 0.105. The Balaban J connectivity index is 1.54. The van der Waals surface area contributed by atoms with Crippen molar-refractivity contribution in [3.05, 3.63) is 84.2 Å². The zero-order chi connectivity index (χ0) is 18.6. The Hall–Kier alpha value is -2.90. The molecule has 3 N–H and O–H groups in total. The molecule has 0 saturated carbocycles. The average Bonchev–Trinajstić information content (AvgIpc) is 3.16. The summed E-state index contributed by atoms with van der Waals surface area (Å²) in [4.78, 5) is 12.3. The first-order chi connectivity index (χ1) is 12.4. The zero-order valence-corrected chi connectivity index (χ0v) is 14.8. The number of nitrogens with two attached hydrogens (primary N) is 1. The van der Waals surface area contributed by atoms with Crippen LogP contribution in [0.1, 0.15) is 15.9 Å². The van der Waals surface area contributed by atoms with Crippen molar-refractivity contribution in [2.45, 2.75) is 11.3 Å². The lowest BCUT2D eigenvalue weighted by Gasteiger charge is -2.07. The quantitative estimate of drug-likeness (QED) is 0.697. The first-order valence-corrected chi connectivity index (χ1v) is 9.61. The molecule has 0 saturated heterocycles. The molecule has 3 aromatic rings. The average molecular weight is 369 g/mol. The van der Waals surface area contributed by atoms with E-state index in [1.807, 2.05) is 41.2 Å². The minimum Gasteiger partial charge on any atom is -0.352 e. The van der Waals surface area contributed by atoms with E-state index in [4.69, 9.17) is 5.14 Å². The number of carbonyl (C=O) groups excluding carboxylic acids is 1. The number of hydrogen-bond donors (Lipinski definition) is 2. The number of hydrogen-bond acceptors (Lipinski definition) is 3. The maximum absolute atomic E-state index is 12.2. The van der Waals surface area contributed by atoms with Crippen LogP contribution in [0, 0.1) is 0 Å². The molecule has 0 aliphatic heterocycles. The van der Waals surface area contributed by atoms with Crippen LogP contribution in [0.2, 0.25) is 0 Å². The zero-order valence-electron chi connectivity index (χ0n) is 14.0. The molecule has 2 aromatic carbocycles. The van der Waals surface area contributed by atoms with Crippen LogP contribution < -0.4 is 10.5 Å². The van der Waals surface area contributed by atoms with Crippen molar-refractivity contribution in [2.75, 3.05) is 6.54 Å². The predicted molar refractivity (Wildman–Crippen MR) is 99.6 cm³/mol. The molecule has 0 atom stereocenters. The van der Waals surface area contributed by atoms with Gasteiger partial charge in [-0.3, -0.25) is 4.79 Å². The Labute approximate surface area is 152 Å². The molecule has 0 radical (unpaired) electrons. The summed E-state index contributed by atoms with van der Waals surface area (Å²) >= 11 is 0. The third kappa shape index (κ3) is 4.38. The molecular formula is C19H19N3O3S. The molecule has 1 heterocycles. The SMILES string of the molecule is NS(=O)(=O)c1ccc(CCNC(=O)c2ccc(-n3cccc3)cc2)cc1. The summed E-state index contributed by atoms with van der Waals surface area (Å²) in [5.41, 5.74) is 2.49. The molecule has 7 heteroatoms. The van der Waals surface area contributed by atoms with E-state index in [0.29, 0.717) is 18.5 Å². The second kappa shape index (κ2) is 7.55. The number of benzene rings is 2. The molecule has 26 heavy (non-hydrogen) atoms. The first kappa shape index (κ1) is 17.9. The molecule has 1 aromatic heterocycles. The van der Waals surface area contributed by atoms with E-state index in [-0.39, 0.29) is 10.8 Å². The van der Waals surface area contributed by atoms with Crippen LogP contribution in [0.15, 0.2) is 78.0 Å². The lowest BCUT2D eigenvalue weighted by atomic mass is 10.1. The monoisotopic (exact) mass is 369 g/mol. The summed E-state index contributed by atoms with van der Waals surface area (Å²) < 4.78 is 24.4. The van der Waals surface area contributed by atoms with E-state index in [1.165, 1.54) is 12.1 Å². The molecule has 1 amide bonds. The smallest absolute Gasteiger partial charge is 0.251 e. The van der Waals surface area contributed by atoms with Gasteiger partial charge in [-0.05, 0) is 60.5 Å². The third-order valence-corrected chi connectivity index (χ3v) is 4.91. The Morgan fingerprint density at radius 2 is 1.58 bits per heavy atom. The Morgan fingerprint density at radius 1 is 0.962 bits per heavy atom. The molecule has 0 unspecified atom stereocenters. The lowest BCUT2D eigenvalue weighted by Crippen LogP contribution is -2.25. The number of rotatable bonds is 6. The molecule has 0 bridgehead atoms. The second-order valence-corrected chi connectivity index (χ2v) is 7.39. The topological polar surface area (TPSA) is 94.2 Å². The van der Waals surface area contributed by atoms with Crippen molar-refractivity contribution in [3.8, 4) is 5.69 Å². The van der Waals surface area contributed by atoms with Gasteiger partial charge in [-0.1, -0.05) is 12.1 Å². The van der Waals surface area contributed by atoms with Crippen LogP contribution in [-0.2, 0) is 16.4 Å². The number of nitrogens with one attached hydrogen (secondary N) is 1. The standard InChI is InChI=1S/C19H19N3O3S/c20-26(24,25)18-9-3-15(4-10-18)11-12-21-19(23)16-5-7-17(8-6-16)22-13-1-2-14-22/h1-10,13-14H,11-12H2,(H,21,23)(H2,20,24,25). The van der Waals surface area contributed by atoms with E-state index in [1.54, 1.807) is 24.3 Å². The molecule has 0 aliphatic carbocycles. The largest absolute Gasteiger partial charge is 0.352 e. The van der Waals surface area contributed by atoms with Crippen LogP contribution in [0.3, 0.4) is 0 Å². The number of sulfonamides is 1. The summed E-state index contributed by atoms with van der Waals surface area (Å²) in [6.07, 6.45) is 4.48. The van der Waals surface area contributed by atoms with E-state index in [9.17, 15) is 13.2 Å². The van der Waals surface area contributed by atoms with Crippen LogP contribution >= 0.6 is 0 Å². The number of primary sulfonamides is 1. The van der Waals surface area contributed by atoms with Gasteiger partial charge >= 0.3 is 0 Å². The van der Waals surface area contributed by atoms with Gasteiger partial charge in [0.05, 0.1) is 4.90 Å². The predicted octanol–water partition coefficient (Wildman–Crippen LogP) is 2.10. The fourth-order valence-corrected chi connectivity index (χ4v) is 3.08. The number of carbonyl (C=O) groups is 1. The minimum atomic E-state index is -3.68. The van der Waals surface area contributed by atoms with Gasteiger partial charge in [0.2, 0.25) is 10.0 Å². The summed E-state index contributed by atoms with van der Waals surface area (Å²) in [6.45, 7) is 0.451. The number of nitrogens with zero attached hydrogens (tertiary/aromatic N) is 1. The van der Waals surface area contributed by atoms with E-state index < -0.39 is 10.0 Å². The van der Waals surface area contributed by atoms with Crippen molar-refractivity contribution in [1.29, 1.82) is 0 Å². The maximum Gasteiger partial charge on any atom is 0.251 e. The van der Waals surface area contributed by atoms with Crippen molar-refractivity contribution in [2.24, 2.45) is 5.14 Å². The van der Waals surface area contributed by atoms with Gasteiger partial charge in [0.25, 0.3) is 5.91 Å². The van der Waals surface area contributed by atoms with Gasteiger partial charge in [-0.2, -0.15) is 0 Å². The summed E-state index contributed by atoms with van der Waals surface area (Å²) in [7, 11) is -3.68.